The van der Waals surface area contributed by atoms with Crippen molar-refractivity contribution in [3.8, 4) is 5.69 Å². The summed E-state index contributed by atoms with van der Waals surface area (Å²) < 4.78 is 2.16. The van der Waals surface area contributed by atoms with Crippen LogP contribution in [0.4, 0.5) is 5.69 Å². The summed E-state index contributed by atoms with van der Waals surface area (Å²) in [5.41, 5.74) is 9.02. The second-order valence-electron chi connectivity index (χ2n) is 6.96. The first kappa shape index (κ1) is 20.1. The van der Waals surface area contributed by atoms with Gasteiger partial charge in [0.2, 0.25) is 5.91 Å². The number of rotatable bonds is 5. The molecular weight excluding hydrogens is 364 g/mol. The van der Waals surface area contributed by atoms with Crippen molar-refractivity contribution in [1.82, 2.24) is 9.99 Å². The van der Waals surface area contributed by atoms with Gasteiger partial charge in [-0.15, -0.1) is 0 Å². The fourth-order valence-corrected chi connectivity index (χ4v) is 3.14. The van der Waals surface area contributed by atoms with E-state index < -0.39 is 0 Å². The third kappa shape index (κ3) is 4.79. The summed E-state index contributed by atoms with van der Waals surface area (Å²) in [5, 5.41) is 6.77. The summed E-state index contributed by atoms with van der Waals surface area (Å²) in [6, 6.07) is 17.0. The van der Waals surface area contributed by atoms with Crippen molar-refractivity contribution in [2.45, 2.75) is 27.7 Å². The standard InChI is InChI=1S/C23H24N4O2/c1-15-5-11-22(12-6-15)27-16(2)13-20(17(27)3)14-24-26-23(29)19-7-9-21(10-8-19)25-18(4)28/h5-14H,1-4H3,(H,25,28)(H,26,29). The van der Waals surface area contributed by atoms with Crippen LogP contribution in [0, 0.1) is 20.8 Å². The molecular formula is C23H24N4O2. The molecule has 0 aliphatic rings. The summed E-state index contributed by atoms with van der Waals surface area (Å²) >= 11 is 0. The minimum absolute atomic E-state index is 0.157. The summed E-state index contributed by atoms with van der Waals surface area (Å²) in [5.74, 6) is -0.474. The minimum atomic E-state index is -0.317. The number of carbonyl (C=O) groups excluding carboxylic acids is 2. The van der Waals surface area contributed by atoms with Gasteiger partial charge in [0.05, 0.1) is 6.21 Å². The van der Waals surface area contributed by atoms with Crippen LogP contribution in [-0.2, 0) is 4.79 Å². The highest BCUT2D eigenvalue weighted by Gasteiger charge is 2.10. The van der Waals surface area contributed by atoms with E-state index in [1.807, 2.05) is 19.9 Å². The Morgan fingerprint density at radius 3 is 2.24 bits per heavy atom. The lowest BCUT2D eigenvalue weighted by Crippen LogP contribution is -2.17. The Kier molecular flexibility index (Phi) is 5.93. The van der Waals surface area contributed by atoms with Crippen LogP contribution in [0.2, 0.25) is 0 Å². The molecule has 0 unspecified atom stereocenters. The zero-order valence-electron chi connectivity index (χ0n) is 17.0. The number of nitrogens with zero attached hydrogens (tertiary/aromatic N) is 2. The molecule has 0 fully saturated rings. The van der Waals surface area contributed by atoms with Crippen molar-refractivity contribution in [2.24, 2.45) is 5.10 Å². The number of hydrazone groups is 1. The number of aromatic nitrogens is 1. The maximum Gasteiger partial charge on any atom is 0.271 e. The van der Waals surface area contributed by atoms with E-state index in [-0.39, 0.29) is 11.8 Å². The maximum atomic E-state index is 12.3. The Balaban J connectivity index is 1.70. The molecule has 6 nitrogen and oxygen atoms in total. The first-order valence-electron chi connectivity index (χ1n) is 9.32. The van der Waals surface area contributed by atoms with Crippen molar-refractivity contribution < 1.29 is 9.59 Å². The molecule has 29 heavy (non-hydrogen) atoms. The number of carbonyl (C=O) groups is 2. The Morgan fingerprint density at radius 1 is 0.966 bits per heavy atom. The number of benzene rings is 2. The van der Waals surface area contributed by atoms with Gasteiger partial charge in [0.15, 0.2) is 0 Å². The van der Waals surface area contributed by atoms with Gasteiger partial charge in [-0.2, -0.15) is 5.10 Å². The van der Waals surface area contributed by atoms with Gasteiger partial charge in [0.1, 0.15) is 0 Å². The average molecular weight is 388 g/mol. The lowest BCUT2D eigenvalue weighted by Gasteiger charge is -2.09. The first-order chi connectivity index (χ1) is 13.8. The monoisotopic (exact) mass is 388 g/mol. The van der Waals surface area contributed by atoms with Gasteiger partial charge < -0.3 is 9.88 Å². The van der Waals surface area contributed by atoms with Gasteiger partial charge >= 0.3 is 0 Å². The third-order valence-electron chi connectivity index (χ3n) is 4.60. The highest BCUT2D eigenvalue weighted by atomic mass is 16.2. The summed E-state index contributed by atoms with van der Waals surface area (Å²) in [6.45, 7) is 7.56. The fourth-order valence-electron chi connectivity index (χ4n) is 3.14. The van der Waals surface area contributed by atoms with E-state index in [0.717, 1.165) is 22.6 Å². The molecule has 6 heteroatoms. The molecule has 0 atom stereocenters. The van der Waals surface area contributed by atoms with E-state index in [9.17, 15) is 9.59 Å². The normalized spacial score (nSPS) is 10.9. The second-order valence-corrected chi connectivity index (χ2v) is 6.96. The van der Waals surface area contributed by atoms with Crippen LogP contribution in [0.15, 0.2) is 59.7 Å². The van der Waals surface area contributed by atoms with Gasteiger partial charge in [-0.3, -0.25) is 9.59 Å². The molecule has 3 rings (SSSR count). The van der Waals surface area contributed by atoms with Gasteiger partial charge in [-0.05, 0) is 63.2 Å². The van der Waals surface area contributed by atoms with Crippen LogP contribution >= 0.6 is 0 Å². The molecule has 0 spiro atoms. The fraction of sp³-hybridized carbons (Fsp3) is 0.174. The molecule has 0 aliphatic heterocycles. The number of amides is 2. The van der Waals surface area contributed by atoms with Gasteiger partial charge in [0.25, 0.3) is 5.91 Å². The molecule has 0 radical (unpaired) electrons. The van der Waals surface area contributed by atoms with Crippen molar-refractivity contribution in [3.63, 3.8) is 0 Å². The van der Waals surface area contributed by atoms with Gasteiger partial charge in [0, 0.05) is 40.8 Å². The Morgan fingerprint density at radius 2 is 1.62 bits per heavy atom. The van der Waals surface area contributed by atoms with E-state index in [2.05, 4.69) is 51.6 Å². The predicted octanol–water partition coefficient (Wildman–Crippen LogP) is 4.12. The van der Waals surface area contributed by atoms with E-state index in [1.165, 1.54) is 12.5 Å². The van der Waals surface area contributed by atoms with Gasteiger partial charge in [-0.25, -0.2) is 5.43 Å². The number of aryl methyl sites for hydroxylation is 2. The Bertz CT molecular complexity index is 1060. The van der Waals surface area contributed by atoms with Crippen molar-refractivity contribution in [2.75, 3.05) is 5.32 Å². The molecule has 1 aromatic heterocycles. The van der Waals surface area contributed by atoms with Crippen LogP contribution < -0.4 is 10.7 Å². The highest BCUT2D eigenvalue weighted by molar-refractivity contribution is 5.96. The van der Waals surface area contributed by atoms with Gasteiger partial charge in [-0.1, -0.05) is 17.7 Å². The highest BCUT2D eigenvalue weighted by Crippen LogP contribution is 2.20. The molecule has 0 saturated heterocycles. The largest absolute Gasteiger partial charge is 0.326 e. The van der Waals surface area contributed by atoms with E-state index >= 15 is 0 Å². The molecule has 0 bridgehead atoms. The van der Waals surface area contributed by atoms with Crippen molar-refractivity contribution in [1.29, 1.82) is 0 Å². The molecule has 1 heterocycles. The average Bonchev–Trinajstić information content (AvgIpc) is 2.96. The van der Waals surface area contributed by atoms with Crippen LogP contribution in [0.25, 0.3) is 5.69 Å². The number of hydrogen-bond acceptors (Lipinski definition) is 3. The van der Waals surface area contributed by atoms with Crippen LogP contribution in [0.1, 0.15) is 39.8 Å². The smallest absolute Gasteiger partial charge is 0.271 e. The SMILES string of the molecule is CC(=O)Nc1ccc(C(=O)NN=Cc2cc(C)n(-c3ccc(C)cc3)c2C)cc1. The lowest BCUT2D eigenvalue weighted by atomic mass is 10.2. The molecule has 148 valence electrons. The minimum Gasteiger partial charge on any atom is -0.326 e. The lowest BCUT2D eigenvalue weighted by molar-refractivity contribution is -0.114. The van der Waals surface area contributed by atoms with E-state index in [1.54, 1.807) is 30.5 Å². The maximum absolute atomic E-state index is 12.3. The number of hydrogen-bond donors (Lipinski definition) is 2. The first-order valence-corrected chi connectivity index (χ1v) is 9.32. The summed E-state index contributed by atoms with van der Waals surface area (Å²) in [6.07, 6.45) is 1.65. The quantitative estimate of drug-likeness (QED) is 0.509. The van der Waals surface area contributed by atoms with Crippen LogP contribution in [0.5, 0.6) is 0 Å². The van der Waals surface area contributed by atoms with Crippen molar-refractivity contribution >= 4 is 23.7 Å². The molecule has 2 amide bonds. The molecule has 2 aromatic carbocycles. The third-order valence-corrected chi connectivity index (χ3v) is 4.60. The zero-order valence-corrected chi connectivity index (χ0v) is 17.0. The Hall–Kier alpha value is -3.67. The molecule has 0 saturated carbocycles. The molecule has 2 N–H and O–H groups in total. The number of anilines is 1. The topological polar surface area (TPSA) is 75.5 Å². The predicted molar refractivity (Wildman–Crippen MR) is 116 cm³/mol. The van der Waals surface area contributed by atoms with E-state index in [4.69, 9.17) is 0 Å². The van der Waals surface area contributed by atoms with E-state index in [0.29, 0.717) is 11.3 Å². The van der Waals surface area contributed by atoms with Crippen LogP contribution in [0.3, 0.4) is 0 Å². The Labute approximate surface area is 170 Å². The molecule has 3 aromatic rings. The zero-order chi connectivity index (χ0) is 21.0. The summed E-state index contributed by atoms with van der Waals surface area (Å²) in [7, 11) is 0. The van der Waals surface area contributed by atoms with Crippen molar-refractivity contribution in [3.05, 3.63) is 82.7 Å². The molecule has 0 aliphatic carbocycles. The number of nitrogens with one attached hydrogen (secondary N) is 2. The van der Waals surface area contributed by atoms with Crippen LogP contribution in [-0.4, -0.2) is 22.6 Å². The second kappa shape index (κ2) is 8.56. The summed E-state index contributed by atoms with van der Waals surface area (Å²) in [4.78, 5) is 23.3.